The molecule has 150 valence electrons. The normalized spacial score (nSPS) is 26.3. The van der Waals surface area contributed by atoms with E-state index in [2.05, 4.69) is 10.0 Å². The van der Waals surface area contributed by atoms with Crippen LogP contribution in [0.25, 0.3) is 10.4 Å². The number of hydrogen-bond acceptors (Lipinski definition) is 4. The molecule has 8 heteroatoms. The monoisotopic (exact) mass is 396 g/mol. The van der Waals surface area contributed by atoms with Gasteiger partial charge in [-0.2, -0.15) is 0 Å². The van der Waals surface area contributed by atoms with E-state index in [0.29, 0.717) is 13.0 Å². The number of azide groups is 1. The number of benzene rings is 2. The summed E-state index contributed by atoms with van der Waals surface area (Å²) in [5, 5.41) is 13.5. The van der Waals surface area contributed by atoms with Crippen LogP contribution >= 0.6 is 0 Å². The van der Waals surface area contributed by atoms with Gasteiger partial charge < -0.3 is 14.7 Å². The van der Waals surface area contributed by atoms with Crippen molar-refractivity contribution in [3.63, 3.8) is 0 Å². The summed E-state index contributed by atoms with van der Waals surface area (Å²) < 4.78 is 19.1. The molecule has 2 heterocycles. The van der Waals surface area contributed by atoms with Gasteiger partial charge in [-0.05, 0) is 47.2 Å². The number of carbonyl (C=O) groups excluding carboxylic acids is 1. The van der Waals surface area contributed by atoms with Crippen molar-refractivity contribution in [2.45, 2.75) is 37.1 Å². The fourth-order valence-electron chi connectivity index (χ4n) is 4.13. The standard InChI is InChI=1S/C21H21FN4O3/c22-15-7-5-14(6-8-15)20-16-4-2-1-3-13(16)9-10-26(20)21(28)19-11-17(24-25-23)18(27)12-29-19/h1-8,17-20,27H,9-12H2/t17-,18-,19-,20+/m1/s1. The van der Waals surface area contributed by atoms with Crippen molar-refractivity contribution < 1.29 is 19.0 Å². The lowest BCUT2D eigenvalue weighted by molar-refractivity contribution is -0.154. The van der Waals surface area contributed by atoms with E-state index in [4.69, 9.17) is 10.3 Å². The Morgan fingerprint density at radius 1 is 1.24 bits per heavy atom. The maximum absolute atomic E-state index is 13.5. The smallest absolute Gasteiger partial charge is 0.252 e. The molecule has 4 rings (SSSR count). The zero-order valence-corrected chi connectivity index (χ0v) is 15.7. The molecule has 2 aliphatic rings. The van der Waals surface area contributed by atoms with E-state index in [1.54, 1.807) is 17.0 Å². The first-order valence-corrected chi connectivity index (χ1v) is 9.56. The molecule has 2 aromatic carbocycles. The van der Waals surface area contributed by atoms with Crippen molar-refractivity contribution in [2.24, 2.45) is 5.11 Å². The van der Waals surface area contributed by atoms with Gasteiger partial charge in [0.15, 0.2) is 0 Å². The second-order valence-electron chi connectivity index (χ2n) is 7.33. The molecular weight excluding hydrogens is 375 g/mol. The Balaban J connectivity index is 1.67. The highest BCUT2D eigenvalue weighted by molar-refractivity contribution is 5.82. The number of ether oxygens (including phenoxy) is 1. The van der Waals surface area contributed by atoms with Crippen molar-refractivity contribution in [1.82, 2.24) is 4.90 Å². The Morgan fingerprint density at radius 2 is 2.00 bits per heavy atom. The lowest BCUT2D eigenvalue weighted by Crippen LogP contribution is -2.51. The molecule has 2 aliphatic heterocycles. The molecule has 0 unspecified atom stereocenters. The van der Waals surface area contributed by atoms with Crippen molar-refractivity contribution in [1.29, 1.82) is 0 Å². The van der Waals surface area contributed by atoms with Crippen molar-refractivity contribution in [3.8, 4) is 0 Å². The van der Waals surface area contributed by atoms with E-state index in [1.807, 2.05) is 24.3 Å². The number of carbonyl (C=O) groups is 1. The van der Waals surface area contributed by atoms with Gasteiger partial charge in [0.25, 0.3) is 5.91 Å². The van der Waals surface area contributed by atoms with E-state index in [0.717, 1.165) is 16.7 Å². The predicted octanol–water partition coefficient (Wildman–Crippen LogP) is 3.13. The van der Waals surface area contributed by atoms with Gasteiger partial charge in [-0.1, -0.05) is 41.5 Å². The number of fused-ring (bicyclic) bond motifs is 1. The van der Waals surface area contributed by atoms with Crippen LogP contribution in [0.5, 0.6) is 0 Å². The van der Waals surface area contributed by atoms with E-state index in [-0.39, 0.29) is 30.8 Å². The van der Waals surface area contributed by atoms with Gasteiger partial charge in [-0.15, -0.1) is 0 Å². The summed E-state index contributed by atoms with van der Waals surface area (Å²) in [4.78, 5) is 17.9. The van der Waals surface area contributed by atoms with Crippen LogP contribution in [0.2, 0.25) is 0 Å². The highest BCUT2D eigenvalue weighted by Crippen LogP contribution is 2.36. The molecule has 2 aromatic rings. The Morgan fingerprint density at radius 3 is 2.76 bits per heavy atom. The van der Waals surface area contributed by atoms with Gasteiger partial charge in [0.2, 0.25) is 0 Å². The summed E-state index contributed by atoms with van der Waals surface area (Å²) >= 11 is 0. The first kappa shape index (κ1) is 19.4. The van der Waals surface area contributed by atoms with Crippen molar-refractivity contribution in [3.05, 3.63) is 81.5 Å². The third-order valence-electron chi connectivity index (χ3n) is 5.60. The SMILES string of the molecule is [N-]=[N+]=N[C@@H]1C[C@H](C(=O)N2CCc3ccccc3[C@@H]2c2ccc(F)cc2)OC[C@H]1O. The van der Waals surface area contributed by atoms with Gasteiger partial charge in [0.05, 0.1) is 24.8 Å². The van der Waals surface area contributed by atoms with Crippen LogP contribution in [-0.2, 0) is 16.0 Å². The molecule has 1 amide bonds. The summed E-state index contributed by atoms with van der Waals surface area (Å²) in [5.41, 5.74) is 11.7. The highest BCUT2D eigenvalue weighted by Gasteiger charge is 2.39. The number of hydrogen-bond donors (Lipinski definition) is 1. The number of nitrogens with zero attached hydrogens (tertiary/aromatic N) is 4. The van der Waals surface area contributed by atoms with Crippen LogP contribution in [0.15, 0.2) is 53.6 Å². The molecule has 0 bridgehead atoms. The van der Waals surface area contributed by atoms with E-state index < -0.39 is 18.2 Å². The summed E-state index contributed by atoms with van der Waals surface area (Å²) in [5.74, 6) is -0.559. The van der Waals surface area contributed by atoms with E-state index in [1.165, 1.54) is 12.1 Å². The maximum Gasteiger partial charge on any atom is 0.252 e. The second-order valence-corrected chi connectivity index (χ2v) is 7.33. The van der Waals surface area contributed by atoms with Crippen molar-refractivity contribution >= 4 is 5.91 Å². The Bertz CT molecular complexity index is 945. The van der Waals surface area contributed by atoms with E-state index in [9.17, 15) is 14.3 Å². The highest BCUT2D eigenvalue weighted by atomic mass is 19.1. The molecule has 1 N–H and O–H groups in total. The van der Waals surface area contributed by atoms with Crippen LogP contribution in [0.4, 0.5) is 4.39 Å². The molecule has 0 aliphatic carbocycles. The number of aliphatic hydroxyl groups is 1. The minimum absolute atomic E-state index is 0.0638. The molecule has 1 saturated heterocycles. The molecule has 0 aromatic heterocycles. The molecule has 29 heavy (non-hydrogen) atoms. The first-order chi connectivity index (χ1) is 14.1. The van der Waals surface area contributed by atoms with Gasteiger partial charge in [0.1, 0.15) is 11.9 Å². The van der Waals surface area contributed by atoms with Crippen LogP contribution in [0.1, 0.15) is 29.2 Å². The minimum atomic E-state index is -0.926. The van der Waals surface area contributed by atoms with Gasteiger partial charge >= 0.3 is 0 Å². The third-order valence-corrected chi connectivity index (χ3v) is 5.60. The van der Waals surface area contributed by atoms with Crippen LogP contribution in [0, 0.1) is 5.82 Å². The Kier molecular flexibility index (Phi) is 5.49. The van der Waals surface area contributed by atoms with Crippen molar-refractivity contribution in [2.75, 3.05) is 13.2 Å². The molecular formula is C21H21FN4O3. The fourth-order valence-corrected chi connectivity index (χ4v) is 4.13. The average Bonchev–Trinajstić information content (AvgIpc) is 2.75. The predicted molar refractivity (Wildman–Crippen MR) is 103 cm³/mol. The summed E-state index contributed by atoms with van der Waals surface area (Å²) in [6.45, 7) is 0.429. The minimum Gasteiger partial charge on any atom is -0.390 e. The number of amides is 1. The molecule has 0 spiro atoms. The average molecular weight is 396 g/mol. The number of halogens is 1. The Hall–Kier alpha value is -2.93. The zero-order chi connectivity index (χ0) is 20.4. The van der Waals surface area contributed by atoms with Crippen LogP contribution < -0.4 is 0 Å². The lowest BCUT2D eigenvalue weighted by atomic mass is 9.87. The van der Waals surface area contributed by atoms with E-state index >= 15 is 0 Å². The first-order valence-electron chi connectivity index (χ1n) is 9.56. The molecule has 4 atom stereocenters. The number of rotatable bonds is 3. The second kappa shape index (κ2) is 8.21. The quantitative estimate of drug-likeness (QED) is 0.490. The van der Waals surface area contributed by atoms with Crippen LogP contribution in [0.3, 0.4) is 0 Å². The summed E-state index contributed by atoms with van der Waals surface area (Å²) in [6.07, 6.45) is -0.903. The summed E-state index contributed by atoms with van der Waals surface area (Å²) in [6, 6.07) is 13.0. The molecule has 0 saturated carbocycles. The van der Waals surface area contributed by atoms with Gasteiger partial charge in [0, 0.05) is 11.5 Å². The molecule has 0 radical (unpaired) electrons. The number of aliphatic hydroxyl groups excluding tert-OH is 1. The van der Waals surface area contributed by atoms with Gasteiger partial charge in [-0.25, -0.2) is 4.39 Å². The lowest BCUT2D eigenvalue weighted by Gasteiger charge is -2.41. The fraction of sp³-hybridized carbons (Fsp3) is 0.381. The topological polar surface area (TPSA) is 98.5 Å². The third kappa shape index (κ3) is 3.82. The maximum atomic E-state index is 13.5. The largest absolute Gasteiger partial charge is 0.390 e. The molecule has 1 fully saturated rings. The van der Waals surface area contributed by atoms with Gasteiger partial charge in [-0.3, -0.25) is 4.79 Å². The summed E-state index contributed by atoms with van der Waals surface area (Å²) in [7, 11) is 0. The van der Waals surface area contributed by atoms with Crippen LogP contribution in [-0.4, -0.2) is 47.3 Å². The Labute approximate surface area is 167 Å². The molecule has 7 nitrogen and oxygen atoms in total. The zero-order valence-electron chi connectivity index (χ0n) is 15.7.